The Morgan fingerprint density at radius 3 is 2.94 bits per heavy atom. The predicted octanol–water partition coefficient (Wildman–Crippen LogP) is 3.59. The van der Waals surface area contributed by atoms with Crippen molar-refractivity contribution in [2.24, 2.45) is 5.92 Å². The smallest absolute Gasteiger partial charge is 0.255 e. The van der Waals surface area contributed by atoms with Crippen LogP contribution in [-0.4, -0.2) is 22.9 Å². The third-order valence-corrected chi connectivity index (χ3v) is 3.97. The van der Waals surface area contributed by atoms with E-state index in [0.717, 1.165) is 18.2 Å². The van der Waals surface area contributed by atoms with Crippen molar-refractivity contribution < 1.29 is 9.90 Å². The fourth-order valence-corrected chi connectivity index (χ4v) is 2.01. The standard InChI is InChI=1S/C13H17BrClNO2/c1-9(8-14)3-2-6-16-13(18)11-7-10(15)4-5-12(11)17/h4-5,7,9,17H,2-3,6,8H2,1H3,(H,16,18). The predicted molar refractivity (Wildman–Crippen MR) is 77.6 cm³/mol. The van der Waals surface area contributed by atoms with Crippen LogP contribution < -0.4 is 5.32 Å². The summed E-state index contributed by atoms with van der Waals surface area (Å²) in [7, 11) is 0. The molecule has 2 N–H and O–H groups in total. The highest BCUT2D eigenvalue weighted by atomic mass is 79.9. The molecule has 0 heterocycles. The second-order valence-corrected chi connectivity index (χ2v) is 5.40. The van der Waals surface area contributed by atoms with Gasteiger partial charge in [-0.1, -0.05) is 34.5 Å². The zero-order chi connectivity index (χ0) is 13.5. The Morgan fingerprint density at radius 2 is 2.28 bits per heavy atom. The molecule has 0 saturated carbocycles. The summed E-state index contributed by atoms with van der Waals surface area (Å²) in [5.74, 6) is 0.258. The largest absolute Gasteiger partial charge is 0.507 e. The maximum atomic E-state index is 11.8. The van der Waals surface area contributed by atoms with Crippen LogP contribution in [-0.2, 0) is 0 Å². The van der Waals surface area contributed by atoms with Crippen molar-refractivity contribution in [3.63, 3.8) is 0 Å². The Morgan fingerprint density at radius 1 is 1.56 bits per heavy atom. The van der Waals surface area contributed by atoms with E-state index in [1.54, 1.807) is 6.07 Å². The summed E-state index contributed by atoms with van der Waals surface area (Å²) in [6.45, 7) is 2.75. The lowest BCUT2D eigenvalue weighted by molar-refractivity contribution is 0.0950. The highest BCUT2D eigenvalue weighted by Gasteiger charge is 2.11. The van der Waals surface area contributed by atoms with Gasteiger partial charge in [0.2, 0.25) is 0 Å². The Bertz CT molecular complexity index is 412. The summed E-state index contributed by atoms with van der Waals surface area (Å²) in [5, 5.41) is 13.7. The van der Waals surface area contributed by atoms with E-state index in [0.29, 0.717) is 17.5 Å². The molecule has 100 valence electrons. The number of amides is 1. The number of alkyl halides is 1. The SMILES string of the molecule is CC(CBr)CCCNC(=O)c1cc(Cl)ccc1O. The number of nitrogens with one attached hydrogen (secondary N) is 1. The molecule has 0 aromatic heterocycles. The van der Waals surface area contributed by atoms with E-state index in [4.69, 9.17) is 11.6 Å². The first-order valence-corrected chi connectivity index (χ1v) is 7.37. The van der Waals surface area contributed by atoms with Gasteiger partial charge < -0.3 is 10.4 Å². The summed E-state index contributed by atoms with van der Waals surface area (Å²) in [6.07, 6.45) is 1.97. The van der Waals surface area contributed by atoms with Crippen LogP contribution in [0.1, 0.15) is 30.1 Å². The third-order valence-electron chi connectivity index (χ3n) is 2.63. The van der Waals surface area contributed by atoms with E-state index in [1.807, 2.05) is 0 Å². The zero-order valence-electron chi connectivity index (χ0n) is 10.2. The molecule has 5 heteroatoms. The molecule has 0 fully saturated rings. The molecule has 0 bridgehead atoms. The van der Waals surface area contributed by atoms with E-state index < -0.39 is 0 Å². The molecule has 0 saturated heterocycles. The molecule has 1 rings (SSSR count). The lowest BCUT2D eigenvalue weighted by Gasteiger charge is -2.09. The quantitative estimate of drug-likeness (QED) is 0.617. The fourth-order valence-electron chi connectivity index (χ4n) is 1.51. The first-order valence-electron chi connectivity index (χ1n) is 5.87. The maximum Gasteiger partial charge on any atom is 0.255 e. The number of rotatable bonds is 6. The number of halogens is 2. The molecule has 0 spiro atoms. The molecule has 1 aromatic rings. The molecular formula is C13H17BrClNO2. The molecule has 0 aliphatic rings. The summed E-state index contributed by atoms with van der Waals surface area (Å²) < 4.78 is 0. The minimum atomic E-state index is -0.290. The van der Waals surface area contributed by atoms with Crippen LogP contribution in [0.5, 0.6) is 5.75 Å². The number of hydrogen-bond donors (Lipinski definition) is 2. The summed E-state index contributed by atoms with van der Waals surface area (Å²) in [6, 6.07) is 4.43. The summed E-state index contributed by atoms with van der Waals surface area (Å²) in [4.78, 5) is 11.8. The van der Waals surface area contributed by atoms with Crippen molar-refractivity contribution in [3.05, 3.63) is 28.8 Å². The van der Waals surface area contributed by atoms with Crippen LogP contribution in [0.3, 0.4) is 0 Å². The highest BCUT2D eigenvalue weighted by molar-refractivity contribution is 9.09. The lowest BCUT2D eigenvalue weighted by Crippen LogP contribution is -2.24. The summed E-state index contributed by atoms with van der Waals surface area (Å²) >= 11 is 9.20. The highest BCUT2D eigenvalue weighted by Crippen LogP contribution is 2.21. The topological polar surface area (TPSA) is 49.3 Å². The lowest BCUT2D eigenvalue weighted by atomic mass is 10.1. The minimum absolute atomic E-state index is 0.0503. The molecule has 0 radical (unpaired) electrons. The number of carbonyl (C=O) groups excluding carboxylic acids is 1. The van der Waals surface area contributed by atoms with Crippen molar-refractivity contribution in [1.29, 1.82) is 0 Å². The molecule has 18 heavy (non-hydrogen) atoms. The Kier molecular flexibility index (Phi) is 6.50. The van der Waals surface area contributed by atoms with E-state index in [1.165, 1.54) is 12.1 Å². The van der Waals surface area contributed by atoms with Crippen LogP contribution in [0, 0.1) is 5.92 Å². The van der Waals surface area contributed by atoms with E-state index in [9.17, 15) is 9.90 Å². The van der Waals surface area contributed by atoms with Crippen LogP contribution >= 0.6 is 27.5 Å². The van der Waals surface area contributed by atoms with E-state index in [2.05, 4.69) is 28.2 Å². The second-order valence-electron chi connectivity index (χ2n) is 4.32. The van der Waals surface area contributed by atoms with Gasteiger partial charge in [0.05, 0.1) is 5.56 Å². The molecule has 1 unspecified atom stereocenters. The Balaban J connectivity index is 2.43. The van der Waals surface area contributed by atoms with E-state index in [-0.39, 0.29) is 17.2 Å². The molecule has 1 aromatic carbocycles. The number of phenolic OH excluding ortho intramolecular Hbond substituents is 1. The van der Waals surface area contributed by atoms with Crippen LogP contribution in [0.15, 0.2) is 18.2 Å². The third kappa shape index (κ3) is 4.86. The molecule has 0 aliphatic heterocycles. The molecular weight excluding hydrogens is 318 g/mol. The van der Waals surface area contributed by atoms with Crippen LogP contribution in [0.4, 0.5) is 0 Å². The van der Waals surface area contributed by atoms with Crippen molar-refractivity contribution in [1.82, 2.24) is 5.32 Å². The molecule has 1 atom stereocenters. The van der Waals surface area contributed by atoms with Gasteiger partial charge in [-0.3, -0.25) is 4.79 Å². The van der Waals surface area contributed by atoms with Gasteiger partial charge in [-0.05, 0) is 37.0 Å². The fraction of sp³-hybridized carbons (Fsp3) is 0.462. The van der Waals surface area contributed by atoms with Gasteiger partial charge >= 0.3 is 0 Å². The normalized spacial score (nSPS) is 12.2. The monoisotopic (exact) mass is 333 g/mol. The van der Waals surface area contributed by atoms with Crippen molar-refractivity contribution in [2.45, 2.75) is 19.8 Å². The van der Waals surface area contributed by atoms with Gasteiger partial charge in [0, 0.05) is 16.9 Å². The maximum absolute atomic E-state index is 11.8. The first kappa shape index (κ1) is 15.3. The number of carbonyl (C=O) groups is 1. The summed E-state index contributed by atoms with van der Waals surface area (Å²) in [5.41, 5.74) is 0.219. The minimum Gasteiger partial charge on any atom is -0.507 e. The van der Waals surface area contributed by atoms with Crippen molar-refractivity contribution in [2.75, 3.05) is 11.9 Å². The van der Waals surface area contributed by atoms with Gasteiger partial charge in [0.1, 0.15) is 5.75 Å². The van der Waals surface area contributed by atoms with Gasteiger partial charge in [-0.2, -0.15) is 0 Å². The zero-order valence-corrected chi connectivity index (χ0v) is 12.6. The average Bonchev–Trinajstić information content (AvgIpc) is 2.36. The van der Waals surface area contributed by atoms with Gasteiger partial charge in [-0.25, -0.2) is 0 Å². The van der Waals surface area contributed by atoms with Crippen LogP contribution in [0.25, 0.3) is 0 Å². The van der Waals surface area contributed by atoms with Crippen molar-refractivity contribution in [3.8, 4) is 5.75 Å². The molecule has 1 amide bonds. The Labute approximate surface area is 121 Å². The van der Waals surface area contributed by atoms with Gasteiger partial charge in [0.15, 0.2) is 0 Å². The molecule has 0 aliphatic carbocycles. The number of hydrogen-bond acceptors (Lipinski definition) is 2. The van der Waals surface area contributed by atoms with Crippen LogP contribution in [0.2, 0.25) is 5.02 Å². The Hall–Kier alpha value is -0.740. The number of phenols is 1. The van der Waals surface area contributed by atoms with E-state index >= 15 is 0 Å². The molecule has 3 nitrogen and oxygen atoms in total. The number of aromatic hydroxyl groups is 1. The van der Waals surface area contributed by atoms with Crippen molar-refractivity contribution >= 4 is 33.4 Å². The average molecular weight is 335 g/mol. The first-order chi connectivity index (χ1) is 8.54. The van der Waals surface area contributed by atoms with Gasteiger partial charge in [-0.15, -0.1) is 0 Å². The second kappa shape index (κ2) is 7.64. The van der Waals surface area contributed by atoms with Gasteiger partial charge in [0.25, 0.3) is 5.91 Å². The number of benzene rings is 1.